The summed E-state index contributed by atoms with van der Waals surface area (Å²) < 4.78 is 0. The van der Waals surface area contributed by atoms with Gasteiger partial charge in [0.1, 0.15) is 0 Å². The van der Waals surface area contributed by atoms with Crippen LogP contribution in [-0.4, -0.2) is 26.1 Å². The maximum absolute atomic E-state index is 5.06. The van der Waals surface area contributed by atoms with E-state index in [1.807, 2.05) is 0 Å². The Kier molecular flexibility index (Phi) is 6.20. The summed E-state index contributed by atoms with van der Waals surface area (Å²) in [5.74, 6) is 3.25. The van der Waals surface area contributed by atoms with Crippen LogP contribution in [0.15, 0.2) is 4.99 Å². The second-order valence-corrected chi connectivity index (χ2v) is 2.06. The van der Waals surface area contributed by atoms with E-state index < -0.39 is 0 Å². The molecule has 0 bridgehead atoms. The molecule has 0 unspecified atom stereocenters. The summed E-state index contributed by atoms with van der Waals surface area (Å²) in [6.45, 7) is 3.54. The van der Waals surface area contributed by atoms with Crippen LogP contribution >= 0.6 is 0 Å². The third-order valence-electron chi connectivity index (χ3n) is 1.12. The quantitative estimate of drug-likeness (QED) is 0.345. The van der Waals surface area contributed by atoms with Gasteiger partial charge in [-0.15, -0.1) is 6.42 Å². The van der Waals surface area contributed by atoms with Crippen molar-refractivity contribution in [2.75, 3.05) is 20.1 Å². The van der Waals surface area contributed by atoms with Gasteiger partial charge in [-0.1, -0.05) is 12.8 Å². The molecule has 0 fully saturated rings. The van der Waals surface area contributed by atoms with Gasteiger partial charge in [0.15, 0.2) is 5.96 Å². The molecule has 62 valence electrons. The molecule has 0 aromatic rings. The lowest BCUT2D eigenvalue weighted by molar-refractivity contribution is 0.805. The first-order chi connectivity index (χ1) is 5.35. The van der Waals surface area contributed by atoms with E-state index in [4.69, 9.17) is 6.42 Å². The number of terminal acetylenes is 1. The molecular formula is C8H15N3. The molecule has 0 heterocycles. The molecule has 0 saturated carbocycles. The largest absolute Gasteiger partial charge is 0.356 e. The van der Waals surface area contributed by atoms with Crippen LogP contribution < -0.4 is 10.6 Å². The SMILES string of the molecule is C#CCNC(=NC)NCCC. The lowest BCUT2D eigenvalue weighted by Crippen LogP contribution is -2.37. The van der Waals surface area contributed by atoms with Crippen molar-refractivity contribution in [1.82, 2.24) is 10.6 Å². The number of hydrogen-bond acceptors (Lipinski definition) is 1. The van der Waals surface area contributed by atoms with E-state index in [1.54, 1.807) is 7.05 Å². The van der Waals surface area contributed by atoms with Crippen molar-refractivity contribution in [2.45, 2.75) is 13.3 Å². The highest BCUT2D eigenvalue weighted by molar-refractivity contribution is 5.79. The molecule has 0 aliphatic carbocycles. The molecule has 0 aliphatic heterocycles. The van der Waals surface area contributed by atoms with E-state index in [0.29, 0.717) is 6.54 Å². The molecule has 2 N–H and O–H groups in total. The minimum absolute atomic E-state index is 0.517. The molecule has 0 atom stereocenters. The van der Waals surface area contributed by atoms with Crippen LogP contribution in [0.1, 0.15) is 13.3 Å². The van der Waals surface area contributed by atoms with Gasteiger partial charge in [-0.2, -0.15) is 0 Å². The normalized spacial score (nSPS) is 10.5. The van der Waals surface area contributed by atoms with Gasteiger partial charge in [-0.25, -0.2) is 0 Å². The molecule has 0 spiro atoms. The van der Waals surface area contributed by atoms with E-state index in [1.165, 1.54) is 0 Å². The maximum atomic E-state index is 5.06. The monoisotopic (exact) mass is 153 g/mol. The Labute approximate surface area is 68.3 Å². The van der Waals surface area contributed by atoms with Gasteiger partial charge >= 0.3 is 0 Å². The predicted molar refractivity (Wildman–Crippen MR) is 48.5 cm³/mol. The summed E-state index contributed by atoms with van der Waals surface area (Å²) >= 11 is 0. The molecule has 0 saturated heterocycles. The average Bonchev–Trinajstić information content (AvgIpc) is 2.05. The highest BCUT2D eigenvalue weighted by Crippen LogP contribution is 1.71. The second-order valence-electron chi connectivity index (χ2n) is 2.06. The molecule has 0 aromatic carbocycles. The van der Waals surface area contributed by atoms with Crippen LogP contribution in [0.3, 0.4) is 0 Å². The predicted octanol–water partition coefficient (Wildman–Crippen LogP) is 0.195. The van der Waals surface area contributed by atoms with Crippen molar-refractivity contribution >= 4 is 5.96 Å². The molecule has 0 radical (unpaired) electrons. The van der Waals surface area contributed by atoms with E-state index >= 15 is 0 Å². The molecule has 0 rings (SSSR count). The summed E-state index contributed by atoms with van der Waals surface area (Å²) in [5, 5.41) is 6.05. The fourth-order valence-corrected chi connectivity index (χ4v) is 0.599. The first-order valence-corrected chi connectivity index (χ1v) is 3.73. The maximum Gasteiger partial charge on any atom is 0.191 e. The second kappa shape index (κ2) is 6.94. The number of rotatable bonds is 3. The zero-order valence-electron chi connectivity index (χ0n) is 7.15. The molecule has 0 aromatic heterocycles. The van der Waals surface area contributed by atoms with Gasteiger partial charge in [-0.05, 0) is 6.42 Å². The molecule has 11 heavy (non-hydrogen) atoms. The fourth-order valence-electron chi connectivity index (χ4n) is 0.599. The summed E-state index contributed by atoms with van der Waals surface area (Å²) in [4.78, 5) is 3.96. The zero-order chi connectivity index (χ0) is 8.53. The highest BCUT2D eigenvalue weighted by atomic mass is 15.2. The number of nitrogens with zero attached hydrogens (tertiary/aromatic N) is 1. The van der Waals surface area contributed by atoms with Gasteiger partial charge in [0.25, 0.3) is 0 Å². The van der Waals surface area contributed by atoms with Crippen molar-refractivity contribution in [3.63, 3.8) is 0 Å². The Bertz CT molecular complexity index is 155. The summed E-state index contributed by atoms with van der Waals surface area (Å²) in [5.41, 5.74) is 0. The summed E-state index contributed by atoms with van der Waals surface area (Å²) in [6.07, 6.45) is 6.15. The van der Waals surface area contributed by atoms with Crippen molar-refractivity contribution in [1.29, 1.82) is 0 Å². The third kappa shape index (κ3) is 5.28. The minimum Gasteiger partial charge on any atom is -0.356 e. The Morgan fingerprint density at radius 1 is 1.55 bits per heavy atom. The standard InChI is InChI=1S/C8H15N3/c1-4-6-10-8(9-3)11-7-5-2/h1H,5-7H2,2-3H3,(H2,9,10,11). The topological polar surface area (TPSA) is 36.4 Å². The number of guanidine groups is 1. The van der Waals surface area contributed by atoms with Gasteiger partial charge < -0.3 is 10.6 Å². The Morgan fingerprint density at radius 2 is 2.27 bits per heavy atom. The molecule has 0 aliphatic rings. The van der Waals surface area contributed by atoms with Gasteiger partial charge in [0, 0.05) is 13.6 Å². The minimum atomic E-state index is 0.517. The average molecular weight is 153 g/mol. The first-order valence-electron chi connectivity index (χ1n) is 3.73. The van der Waals surface area contributed by atoms with Crippen LogP contribution in [0.25, 0.3) is 0 Å². The Hall–Kier alpha value is -1.17. The van der Waals surface area contributed by atoms with Gasteiger partial charge in [-0.3, -0.25) is 4.99 Å². The summed E-state index contributed by atoms with van der Waals surface area (Å²) in [6, 6.07) is 0. The smallest absolute Gasteiger partial charge is 0.191 e. The van der Waals surface area contributed by atoms with E-state index in [-0.39, 0.29) is 0 Å². The lowest BCUT2D eigenvalue weighted by atomic mass is 10.5. The van der Waals surface area contributed by atoms with Gasteiger partial charge in [0.05, 0.1) is 6.54 Å². The van der Waals surface area contributed by atoms with Crippen LogP contribution in [-0.2, 0) is 0 Å². The van der Waals surface area contributed by atoms with Gasteiger partial charge in [0.2, 0.25) is 0 Å². The molecule has 3 heteroatoms. The van der Waals surface area contributed by atoms with Crippen LogP contribution in [0, 0.1) is 12.3 Å². The van der Waals surface area contributed by atoms with Crippen molar-refractivity contribution in [3.05, 3.63) is 0 Å². The third-order valence-corrected chi connectivity index (χ3v) is 1.12. The highest BCUT2D eigenvalue weighted by Gasteiger charge is 1.90. The Morgan fingerprint density at radius 3 is 2.73 bits per heavy atom. The van der Waals surface area contributed by atoms with E-state index in [2.05, 4.69) is 28.5 Å². The first kappa shape index (κ1) is 9.83. The van der Waals surface area contributed by atoms with E-state index in [9.17, 15) is 0 Å². The van der Waals surface area contributed by atoms with Crippen LogP contribution in [0.4, 0.5) is 0 Å². The number of aliphatic imine (C=N–C) groups is 1. The fraction of sp³-hybridized carbons (Fsp3) is 0.625. The molecule has 0 amide bonds. The number of hydrogen-bond donors (Lipinski definition) is 2. The van der Waals surface area contributed by atoms with Crippen molar-refractivity contribution in [2.24, 2.45) is 4.99 Å². The van der Waals surface area contributed by atoms with Crippen LogP contribution in [0.2, 0.25) is 0 Å². The Balaban J connectivity index is 3.53. The van der Waals surface area contributed by atoms with Crippen molar-refractivity contribution < 1.29 is 0 Å². The number of nitrogens with one attached hydrogen (secondary N) is 2. The lowest BCUT2D eigenvalue weighted by Gasteiger charge is -2.07. The molecule has 3 nitrogen and oxygen atoms in total. The molecular weight excluding hydrogens is 138 g/mol. The summed E-state index contributed by atoms with van der Waals surface area (Å²) in [7, 11) is 1.72. The van der Waals surface area contributed by atoms with E-state index in [0.717, 1.165) is 18.9 Å². The zero-order valence-corrected chi connectivity index (χ0v) is 7.15. The van der Waals surface area contributed by atoms with Crippen molar-refractivity contribution in [3.8, 4) is 12.3 Å². The van der Waals surface area contributed by atoms with Crippen LogP contribution in [0.5, 0.6) is 0 Å².